The van der Waals surface area contributed by atoms with Gasteiger partial charge in [0.2, 0.25) is 0 Å². The molecule has 2 aliphatic rings. The maximum absolute atomic E-state index is 14.6. The van der Waals surface area contributed by atoms with E-state index in [4.69, 9.17) is 9.47 Å². The van der Waals surface area contributed by atoms with Gasteiger partial charge in [-0.15, -0.1) is 0 Å². The van der Waals surface area contributed by atoms with Crippen LogP contribution in [0.1, 0.15) is 18.4 Å². The van der Waals surface area contributed by atoms with Crippen molar-refractivity contribution in [3.05, 3.63) is 70.3 Å². The minimum Gasteiger partial charge on any atom is -0.494 e. The molecule has 0 saturated carbocycles. The maximum Gasteiger partial charge on any atom is 0.414 e. The average molecular weight is 437 g/mol. The van der Waals surface area contributed by atoms with E-state index in [0.717, 1.165) is 16.8 Å². The van der Waals surface area contributed by atoms with Gasteiger partial charge >= 0.3 is 6.09 Å². The van der Waals surface area contributed by atoms with E-state index in [0.29, 0.717) is 43.9 Å². The Morgan fingerprint density at radius 1 is 1.06 bits per heavy atom. The normalized spacial score (nSPS) is 19.6. The summed E-state index contributed by atoms with van der Waals surface area (Å²) in [5.74, 6) is 0.296. The van der Waals surface area contributed by atoms with Crippen molar-refractivity contribution in [2.24, 2.45) is 0 Å². The molecule has 2 aromatic carbocycles. The fourth-order valence-corrected chi connectivity index (χ4v) is 4.59. The lowest BCUT2D eigenvalue weighted by Gasteiger charge is -2.15. The molecule has 7 nitrogen and oxygen atoms in total. The zero-order valence-electron chi connectivity index (χ0n) is 17.7. The van der Waals surface area contributed by atoms with Gasteiger partial charge in [-0.2, -0.15) is 0 Å². The summed E-state index contributed by atoms with van der Waals surface area (Å²) < 4.78 is 27.2. The molecule has 2 aliphatic heterocycles. The van der Waals surface area contributed by atoms with Crippen LogP contribution in [0.15, 0.2) is 53.3 Å². The molecule has 0 bridgehead atoms. The van der Waals surface area contributed by atoms with Gasteiger partial charge in [-0.3, -0.25) is 9.69 Å². The highest BCUT2D eigenvalue weighted by molar-refractivity contribution is 5.89. The van der Waals surface area contributed by atoms with Crippen LogP contribution in [0.3, 0.4) is 0 Å². The third kappa shape index (κ3) is 3.60. The van der Waals surface area contributed by atoms with Crippen LogP contribution in [0.5, 0.6) is 5.75 Å². The number of rotatable bonds is 7. The number of carbonyl (C=O) groups is 1. The third-order valence-corrected chi connectivity index (χ3v) is 6.04. The topological polar surface area (TPSA) is 72.8 Å². The first-order chi connectivity index (χ1) is 15.5. The number of hydrogen-bond donors (Lipinski definition) is 1. The van der Waals surface area contributed by atoms with E-state index in [-0.39, 0.29) is 23.4 Å². The van der Waals surface area contributed by atoms with E-state index in [1.165, 1.54) is 12.1 Å². The summed E-state index contributed by atoms with van der Waals surface area (Å²) >= 11 is 0. The smallest absolute Gasteiger partial charge is 0.414 e. The van der Waals surface area contributed by atoms with Crippen LogP contribution < -0.4 is 20.5 Å². The highest BCUT2D eigenvalue weighted by atomic mass is 19.1. The average Bonchev–Trinajstić information content (AvgIpc) is 3.36. The van der Waals surface area contributed by atoms with Gasteiger partial charge in [0.15, 0.2) is 0 Å². The minimum absolute atomic E-state index is 0.123. The summed E-state index contributed by atoms with van der Waals surface area (Å²) in [6, 6.07) is 13.7. The zero-order chi connectivity index (χ0) is 22.2. The Balaban J connectivity index is 1.22. The fraction of sp³-hybridized carbons (Fsp3) is 0.333. The van der Waals surface area contributed by atoms with Crippen LogP contribution in [0, 0.1) is 5.82 Å². The van der Waals surface area contributed by atoms with Gasteiger partial charge in [-0.05, 0) is 54.8 Å². The molecule has 1 unspecified atom stereocenters. The summed E-state index contributed by atoms with van der Waals surface area (Å²) in [5, 5.41) is 4.17. The van der Waals surface area contributed by atoms with Gasteiger partial charge in [0.05, 0.1) is 18.7 Å². The van der Waals surface area contributed by atoms with Crippen molar-refractivity contribution in [1.82, 2.24) is 9.88 Å². The predicted octanol–water partition coefficient (Wildman–Crippen LogP) is 3.25. The number of nitrogens with zero attached hydrogens (tertiary/aromatic N) is 2. The van der Waals surface area contributed by atoms with Crippen molar-refractivity contribution in [3.8, 4) is 5.75 Å². The number of nitrogens with one attached hydrogen (secondary N) is 1. The molecule has 166 valence electrons. The number of pyridine rings is 1. The Kier molecular flexibility index (Phi) is 5.30. The number of amides is 1. The highest BCUT2D eigenvalue weighted by Gasteiger charge is 2.33. The van der Waals surface area contributed by atoms with Crippen LogP contribution in [-0.4, -0.2) is 43.0 Å². The van der Waals surface area contributed by atoms with Gasteiger partial charge < -0.3 is 19.4 Å². The Bertz CT molecular complexity index is 1220. The van der Waals surface area contributed by atoms with Crippen LogP contribution >= 0.6 is 0 Å². The van der Waals surface area contributed by atoms with E-state index in [1.807, 2.05) is 31.2 Å². The van der Waals surface area contributed by atoms with Crippen LogP contribution in [0.4, 0.5) is 14.9 Å². The maximum atomic E-state index is 14.6. The second-order valence-electron chi connectivity index (χ2n) is 8.08. The first-order valence-electron chi connectivity index (χ1n) is 10.8. The molecule has 2 atom stereocenters. The van der Waals surface area contributed by atoms with Gasteiger partial charge in [-0.1, -0.05) is 0 Å². The van der Waals surface area contributed by atoms with Crippen molar-refractivity contribution in [2.45, 2.75) is 25.5 Å². The van der Waals surface area contributed by atoms with Gasteiger partial charge in [0, 0.05) is 42.9 Å². The minimum atomic E-state index is -0.392. The van der Waals surface area contributed by atoms with E-state index in [1.54, 1.807) is 21.6 Å². The Morgan fingerprint density at radius 3 is 2.62 bits per heavy atom. The number of hydrogen-bond acceptors (Lipinski definition) is 5. The molecule has 0 radical (unpaired) electrons. The number of carbonyl (C=O) groups excluding carboxylic acids is 1. The van der Waals surface area contributed by atoms with Crippen LogP contribution in [-0.2, 0) is 11.3 Å². The molecule has 1 saturated heterocycles. The van der Waals surface area contributed by atoms with Crippen molar-refractivity contribution in [3.63, 3.8) is 0 Å². The zero-order valence-corrected chi connectivity index (χ0v) is 17.7. The lowest BCUT2D eigenvalue weighted by atomic mass is 9.99. The molecule has 32 heavy (non-hydrogen) atoms. The first-order valence-corrected chi connectivity index (χ1v) is 10.8. The van der Waals surface area contributed by atoms with Gasteiger partial charge in [0.25, 0.3) is 5.56 Å². The molecule has 1 aromatic heterocycles. The summed E-state index contributed by atoms with van der Waals surface area (Å²) in [6.07, 6.45) is -0.710. The lowest BCUT2D eigenvalue weighted by molar-refractivity contribution is 0.140. The molecule has 0 spiro atoms. The number of cyclic esters (lactones) is 1. The molecule has 5 rings (SSSR count). The van der Waals surface area contributed by atoms with E-state index >= 15 is 0 Å². The van der Waals surface area contributed by atoms with E-state index < -0.39 is 6.09 Å². The quantitative estimate of drug-likeness (QED) is 0.614. The van der Waals surface area contributed by atoms with Crippen LogP contribution in [0.2, 0.25) is 0 Å². The van der Waals surface area contributed by atoms with E-state index in [2.05, 4.69) is 5.32 Å². The molecular weight excluding hydrogens is 413 g/mol. The molecule has 3 heterocycles. The molecule has 8 heteroatoms. The summed E-state index contributed by atoms with van der Waals surface area (Å²) in [7, 11) is 0. The first kappa shape index (κ1) is 20.5. The van der Waals surface area contributed by atoms with Crippen molar-refractivity contribution >= 4 is 22.7 Å². The second-order valence-corrected chi connectivity index (χ2v) is 8.08. The number of halogens is 1. The van der Waals surface area contributed by atoms with Crippen molar-refractivity contribution in [2.75, 3.05) is 31.1 Å². The molecule has 1 amide bonds. The van der Waals surface area contributed by atoms with Gasteiger partial charge in [0.1, 0.15) is 17.7 Å². The monoisotopic (exact) mass is 437 g/mol. The summed E-state index contributed by atoms with van der Waals surface area (Å²) in [5.41, 5.74) is 1.88. The Morgan fingerprint density at radius 2 is 1.84 bits per heavy atom. The summed E-state index contributed by atoms with van der Waals surface area (Å²) in [6.45, 7) is 4.28. The molecule has 3 aromatic rings. The van der Waals surface area contributed by atoms with Crippen molar-refractivity contribution in [1.29, 1.82) is 0 Å². The number of aromatic nitrogens is 1. The predicted molar refractivity (Wildman–Crippen MR) is 119 cm³/mol. The molecule has 1 fully saturated rings. The van der Waals surface area contributed by atoms with E-state index in [9.17, 15) is 14.0 Å². The Hall–Kier alpha value is -3.39. The highest BCUT2D eigenvalue weighted by Crippen LogP contribution is 2.34. The molecular formula is C24H24FN3O4. The number of anilines is 1. The standard InChI is InChI=1S/C24H24FN3O4/c1-2-31-18-7-5-17(6-8-18)27-14-19(32-24(27)30)12-26-11-16-13-28-21(29)10-4-15-3-9-20(25)22(16)23(15)28/h3-10,16,19,26H,2,11-14H2,1H3/t16?,19-/m1/s1. The Labute approximate surface area is 184 Å². The number of ether oxygens (including phenoxy) is 2. The molecule has 0 aliphatic carbocycles. The summed E-state index contributed by atoms with van der Waals surface area (Å²) in [4.78, 5) is 26.2. The largest absolute Gasteiger partial charge is 0.494 e. The molecule has 1 N–H and O–H groups in total. The third-order valence-electron chi connectivity index (χ3n) is 6.04. The van der Waals surface area contributed by atoms with Gasteiger partial charge in [-0.25, -0.2) is 9.18 Å². The van der Waals surface area contributed by atoms with Crippen molar-refractivity contribution < 1.29 is 18.7 Å². The SMILES string of the molecule is CCOc1ccc(N2C[C@@H](CNCC3Cn4c(=O)ccc5ccc(F)c3c54)OC2=O)cc1. The second kappa shape index (κ2) is 8.27. The fourth-order valence-electron chi connectivity index (χ4n) is 4.59. The number of benzene rings is 2. The lowest BCUT2D eigenvalue weighted by Crippen LogP contribution is -2.33. The van der Waals surface area contributed by atoms with Crippen LogP contribution in [0.25, 0.3) is 10.9 Å².